The number of anilines is 1. The highest BCUT2D eigenvalue weighted by atomic mass is 35.5. The molecule has 0 bridgehead atoms. The summed E-state index contributed by atoms with van der Waals surface area (Å²) in [5.74, 6) is -3.86. The standard InChI is InChI=1S/C23H23ClN2O3.C2HF3O2/c1-25-10-12-26(13-11-25)21-15-19(14-20(24)16-21)22(27)8-6-17-2-4-18(5-3-17)7-9-23(28)29;3-2(4,5)1(6)7/h2-9,14-16H,10-13H2,1H3,(H,28,29);(H,6,7). The molecule has 7 nitrogen and oxygen atoms in total. The summed E-state index contributed by atoms with van der Waals surface area (Å²) in [6.07, 6.45) is 0.795. The predicted octanol–water partition coefficient (Wildman–Crippen LogP) is 4.72. The average Bonchev–Trinajstić information content (AvgIpc) is 2.81. The molecule has 2 aromatic carbocycles. The van der Waals surface area contributed by atoms with E-state index in [1.54, 1.807) is 24.3 Å². The molecule has 1 saturated heterocycles. The molecule has 0 amide bonds. The van der Waals surface area contributed by atoms with Gasteiger partial charge in [0.1, 0.15) is 0 Å². The number of rotatable bonds is 6. The molecule has 0 unspecified atom stereocenters. The van der Waals surface area contributed by atoms with Crippen molar-refractivity contribution in [2.24, 2.45) is 0 Å². The molecule has 1 heterocycles. The molecule has 0 saturated carbocycles. The van der Waals surface area contributed by atoms with Crippen LogP contribution in [0.1, 0.15) is 21.5 Å². The van der Waals surface area contributed by atoms with Crippen LogP contribution in [0.2, 0.25) is 5.02 Å². The van der Waals surface area contributed by atoms with Gasteiger partial charge in [-0.3, -0.25) is 4.79 Å². The van der Waals surface area contributed by atoms with Crippen molar-refractivity contribution in [3.8, 4) is 0 Å². The van der Waals surface area contributed by atoms with Crippen LogP contribution >= 0.6 is 11.6 Å². The molecule has 36 heavy (non-hydrogen) atoms. The van der Waals surface area contributed by atoms with Gasteiger partial charge in [0.25, 0.3) is 0 Å². The van der Waals surface area contributed by atoms with Gasteiger partial charge in [0.2, 0.25) is 0 Å². The van der Waals surface area contributed by atoms with Gasteiger partial charge >= 0.3 is 18.1 Å². The first-order valence-corrected chi connectivity index (χ1v) is 11.0. The number of ketones is 1. The highest BCUT2D eigenvalue weighted by Gasteiger charge is 2.38. The van der Waals surface area contributed by atoms with Gasteiger partial charge in [-0.05, 0) is 48.5 Å². The molecule has 2 aromatic rings. The molecule has 0 aromatic heterocycles. The molecule has 11 heteroatoms. The summed E-state index contributed by atoms with van der Waals surface area (Å²) in [5.41, 5.74) is 3.16. The van der Waals surface area contributed by atoms with Gasteiger partial charge in [-0.15, -0.1) is 0 Å². The highest BCUT2D eigenvalue weighted by molar-refractivity contribution is 6.31. The molecular formula is C25H24ClF3N2O5. The van der Waals surface area contributed by atoms with E-state index in [1.165, 1.54) is 12.2 Å². The van der Waals surface area contributed by atoms with E-state index in [2.05, 4.69) is 16.8 Å². The number of carboxylic acids is 2. The van der Waals surface area contributed by atoms with E-state index in [9.17, 15) is 22.8 Å². The van der Waals surface area contributed by atoms with Crippen LogP contribution in [0.3, 0.4) is 0 Å². The quantitative estimate of drug-likeness (QED) is 0.417. The largest absolute Gasteiger partial charge is 0.490 e. The summed E-state index contributed by atoms with van der Waals surface area (Å²) in [4.78, 5) is 36.6. The number of alkyl halides is 3. The average molecular weight is 525 g/mol. The van der Waals surface area contributed by atoms with Gasteiger partial charge in [-0.25, -0.2) is 9.59 Å². The van der Waals surface area contributed by atoms with Gasteiger partial charge in [-0.2, -0.15) is 13.2 Å². The van der Waals surface area contributed by atoms with E-state index in [0.29, 0.717) is 10.6 Å². The van der Waals surface area contributed by atoms with E-state index >= 15 is 0 Å². The van der Waals surface area contributed by atoms with Crippen LogP contribution in [0.15, 0.2) is 54.6 Å². The zero-order valence-electron chi connectivity index (χ0n) is 19.2. The Labute approximate surface area is 210 Å². The SMILES string of the molecule is CN1CCN(c2cc(Cl)cc(C(=O)C=Cc3ccc(C=CC(=O)O)cc3)c2)CC1.O=C(O)C(F)(F)F. The number of hydrogen-bond donors (Lipinski definition) is 2. The van der Waals surface area contributed by atoms with Crippen molar-refractivity contribution in [3.05, 3.63) is 76.3 Å². The monoisotopic (exact) mass is 524 g/mol. The number of aliphatic carboxylic acids is 2. The van der Waals surface area contributed by atoms with E-state index in [1.807, 2.05) is 24.3 Å². The van der Waals surface area contributed by atoms with Gasteiger partial charge in [-0.1, -0.05) is 41.9 Å². The Morgan fingerprint density at radius 2 is 1.39 bits per heavy atom. The van der Waals surface area contributed by atoms with Crippen molar-refractivity contribution in [1.29, 1.82) is 0 Å². The van der Waals surface area contributed by atoms with Gasteiger partial charge < -0.3 is 20.0 Å². The van der Waals surface area contributed by atoms with Gasteiger partial charge in [0.05, 0.1) is 0 Å². The second-order valence-corrected chi connectivity index (χ2v) is 8.26. The molecule has 1 aliphatic heterocycles. The predicted molar refractivity (Wildman–Crippen MR) is 131 cm³/mol. The lowest BCUT2D eigenvalue weighted by atomic mass is 10.1. The second kappa shape index (κ2) is 12.9. The van der Waals surface area contributed by atoms with Crippen molar-refractivity contribution >= 4 is 47.2 Å². The van der Waals surface area contributed by atoms with Crippen LogP contribution in [0.25, 0.3) is 12.2 Å². The highest BCUT2D eigenvalue weighted by Crippen LogP contribution is 2.24. The molecular weight excluding hydrogens is 501 g/mol. The van der Waals surface area contributed by atoms with Crippen molar-refractivity contribution < 1.29 is 37.8 Å². The van der Waals surface area contributed by atoms with Crippen LogP contribution in [0.5, 0.6) is 0 Å². The number of nitrogens with zero attached hydrogens (tertiary/aromatic N) is 2. The topological polar surface area (TPSA) is 98.2 Å². The second-order valence-electron chi connectivity index (χ2n) is 7.83. The number of hydrogen-bond acceptors (Lipinski definition) is 5. The summed E-state index contributed by atoms with van der Waals surface area (Å²) in [6.45, 7) is 3.77. The molecule has 192 valence electrons. The molecule has 3 rings (SSSR count). The summed E-state index contributed by atoms with van der Waals surface area (Å²) in [6, 6.07) is 12.7. The molecule has 1 fully saturated rings. The van der Waals surface area contributed by atoms with Crippen LogP contribution in [0.4, 0.5) is 18.9 Å². The van der Waals surface area contributed by atoms with Crippen molar-refractivity contribution in [2.45, 2.75) is 6.18 Å². The normalized spacial score (nSPS) is 14.5. The fourth-order valence-electron chi connectivity index (χ4n) is 3.12. The first-order chi connectivity index (χ1) is 16.8. The molecule has 0 aliphatic carbocycles. The maximum absolute atomic E-state index is 12.7. The fraction of sp³-hybridized carbons (Fsp3) is 0.240. The number of carbonyl (C=O) groups is 3. The van der Waals surface area contributed by atoms with Crippen molar-refractivity contribution in [3.63, 3.8) is 0 Å². The summed E-state index contributed by atoms with van der Waals surface area (Å²) in [5, 5.41) is 16.3. The number of carboxylic acid groups (broad SMARTS) is 2. The lowest BCUT2D eigenvalue weighted by molar-refractivity contribution is -0.192. The smallest absolute Gasteiger partial charge is 0.478 e. The van der Waals surface area contributed by atoms with Crippen LogP contribution in [0, 0.1) is 0 Å². The van der Waals surface area contributed by atoms with E-state index < -0.39 is 18.1 Å². The minimum absolute atomic E-state index is 0.113. The lowest BCUT2D eigenvalue weighted by Gasteiger charge is -2.34. The number of likely N-dealkylation sites (N-methyl/N-ethyl adjacent to an activating group) is 1. The first-order valence-electron chi connectivity index (χ1n) is 10.6. The van der Waals surface area contributed by atoms with E-state index in [-0.39, 0.29) is 5.78 Å². The summed E-state index contributed by atoms with van der Waals surface area (Å²) < 4.78 is 31.7. The Kier molecular flexibility index (Phi) is 10.2. The number of halogens is 4. The zero-order valence-corrected chi connectivity index (χ0v) is 20.0. The van der Waals surface area contributed by atoms with Crippen molar-refractivity contribution in [1.82, 2.24) is 4.90 Å². The minimum Gasteiger partial charge on any atom is -0.478 e. The number of benzene rings is 2. The third kappa shape index (κ3) is 9.55. The molecule has 0 radical (unpaired) electrons. The maximum atomic E-state index is 12.7. The van der Waals surface area contributed by atoms with Crippen LogP contribution in [-0.2, 0) is 9.59 Å². The zero-order chi connectivity index (χ0) is 26.9. The Morgan fingerprint density at radius 1 is 0.889 bits per heavy atom. The van der Waals surface area contributed by atoms with Gasteiger partial charge in [0, 0.05) is 48.5 Å². The Hall–Kier alpha value is -3.63. The number of allylic oxidation sites excluding steroid dienone is 1. The van der Waals surface area contributed by atoms with E-state index in [0.717, 1.165) is 49.1 Å². The molecule has 0 spiro atoms. The Bertz CT molecular complexity index is 1140. The van der Waals surface area contributed by atoms with Gasteiger partial charge in [0.15, 0.2) is 5.78 Å². The molecule has 1 aliphatic rings. The van der Waals surface area contributed by atoms with Crippen LogP contribution in [-0.4, -0.2) is 72.2 Å². The minimum atomic E-state index is -5.08. The summed E-state index contributed by atoms with van der Waals surface area (Å²) >= 11 is 6.27. The van der Waals surface area contributed by atoms with Crippen LogP contribution < -0.4 is 4.90 Å². The molecule has 2 N–H and O–H groups in total. The summed E-state index contributed by atoms with van der Waals surface area (Å²) in [7, 11) is 2.10. The molecule has 0 atom stereocenters. The van der Waals surface area contributed by atoms with Crippen molar-refractivity contribution in [2.75, 3.05) is 38.1 Å². The third-order valence-corrected chi connectivity index (χ3v) is 5.28. The maximum Gasteiger partial charge on any atom is 0.490 e. The fourth-order valence-corrected chi connectivity index (χ4v) is 3.35. The van der Waals surface area contributed by atoms with E-state index in [4.69, 9.17) is 26.6 Å². The Balaban J connectivity index is 0.000000572. The Morgan fingerprint density at radius 3 is 1.86 bits per heavy atom. The lowest BCUT2D eigenvalue weighted by Crippen LogP contribution is -2.44. The first kappa shape index (κ1) is 28.6. The number of piperazine rings is 1. The number of carbonyl (C=O) groups excluding carboxylic acids is 1. The third-order valence-electron chi connectivity index (χ3n) is 5.06.